The Bertz CT molecular complexity index is 548. The van der Waals surface area contributed by atoms with Crippen molar-refractivity contribution in [3.05, 3.63) is 30.3 Å². The second-order valence-corrected chi connectivity index (χ2v) is 7.18. The van der Waals surface area contributed by atoms with Crippen LogP contribution in [0.4, 0.5) is 0 Å². The first-order valence-corrected chi connectivity index (χ1v) is 11.3. The van der Waals surface area contributed by atoms with E-state index in [2.05, 4.69) is 6.92 Å². The van der Waals surface area contributed by atoms with E-state index in [1.165, 1.54) is 57.1 Å². The summed E-state index contributed by atoms with van der Waals surface area (Å²) >= 11 is 0.300. The molecule has 1 aromatic carbocycles. The standard InChI is InChI=1S/C12H24O2.C6H6O3S.O.Zr/c1-2-3-4-5-6-7-8-9-10-11-12(13)14;7-10(8,9)6-4-2-1-3-5-6;;/h2-11H2,1H3,(H,13,14);1-5H,(H,7,8,9);;. The minimum absolute atomic E-state index is 0.0741. The molecule has 0 fully saturated rings. The van der Waals surface area contributed by atoms with Crippen molar-refractivity contribution in [1.82, 2.24) is 0 Å². The summed E-state index contributed by atoms with van der Waals surface area (Å²) in [5, 5.41) is 8.41. The van der Waals surface area contributed by atoms with Crippen molar-refractivity contribution < 1.29 is 50.4 Å². The zero-order valence-electron chi connectivity index (χ0n) is 15.4. The summed E-state index contributed by atoms with van der Waals surface area (Å²) in [4.78, 5) is 10.1. The molecule has 0 heterocycles. The van der Waals surface area contributed by atoms with E-state index in [4.69, 9.17) is 12.5 Å². The van der Waals surface area contributed by atoms with Crippen molar-refractivity contribution >= 4 is 16.1 Å². The van der Waals surface area contributed by atoms with Crippen LogP contribution in [-0.4, -0.2) is 24.0 Å². The molecule has 0 saturated carbocycles. The van der Waals surface area contributed by atoms with Crippen LogP contribution in [0.1, 0.15) is 71.1 Å². The number of carboxylic acids is 1. The molecule has 0 spiro atoms. The van der Waals surface area contributed by atoms with Crippen LogP contribution in [0, 0.1) is 0 Å². The second kappa shape index (κ2) is 19.1. The molecule has 1 aromatic rings. The van der Waals surface area contributed by atoms with Gasteiger partial charge in [0, 0.05) is 6.42 Å². The number of unbranched alkanes of at least 4 members (excludes halogenated alkanes) is 8. The molecule has 0 bridgehead atoms. The summed E-state index contributed by atoms with van der Waals surface area (Å²) in [6.07, 6.45) is 11.5. The van der Waals surface area contributed by atoms with Gasteiger partial charge in [0.2, 0.25) is 0 Å². The van der Waals surface area contributed by atoms with E-state index >= 15 is 0 Å². The predicted molar refractivity (Wildman–Crippen MR) is 96.4 cm³/mol. The van der Waals surface area contributed by atoms with Gasteiger partial charge in [-0.1, -0.05) is 76.5 Å². The number of carbonyl (C=O) groups is 1. The van der Waals surface area contributed by atoms with Gasteiger partial charge >= 0.3 is 33.5 Å². The van der Waals surface area contributed by atoms with Crippen molar-refractivity contribution in [1.29, 1.82) is 0 Å². The summed E-state index contributed by atoms with van der Waals surface area (Å²) in [6, 6.07) is 7.42. The first-order valence-electron chi connectivity index (χ1n) is 8.82. The maximum absolute atomic E-state index is 10.4. The minimum atomic E-state index is -4.00. The summed E-state index contributed by atoms with van der Waals surface area (Å²) in [5.41, 5.74) is 0. The van der Waals surface area contributed by atoms with E-state index < -0.39 is 16.1 Å². The SMILES string of the molecule is CCCCCCCCCCCC(=O)O.O=S(=O)(O)c1ccccc1.[O]=[Zr]. The number of rotatable bonds is 11. The average Bonchev–Trinajstić information content (AvgIpc) is 2.62. The Labute approximate surface area is 172 Å². The molecule has 0 aliphatic rings. The molecule has 0 aromatic heterocycles. The van der Waals surface area contributed by atoms with Gasteiger partial charge in [-0.15, -0.1) is 0 Å². The van der Waals surface area contributed by atoms with Crippen molar-refractivity contribution in [2.45, 2.75) is 76.0 Å². The molecular weight excluding hydrogens is 435 g/mol. The third kappa shape index (κ3) is 19.6. The van der Waals surface area contributed by atoms with Crippen LogP contribution in [0.2, 0.25) is 0 Å². The van der Waals surface area contributed by atoms with E-state index in [1.54, 1.807) is 18.2 Å². The van der Waals surface area contributed by atoms with Crippen molar-refractivity contribution in [3.63, 3.8) is 0 Å². The van der Waals surface area contributed by atoms with Crippen LogP contribution in [0.15, 0.2) is 35.2 Å². The summed E-state index contributed by atoms with van der Waals surface area (Å²) in [6.45, 7) is 2.23. The molecule has 0 aliphatic heterocycles. The van der Waals surface area contributed by atoms with Crippen LogP contribution < -0.4 is 0 Å². The van der Waals surface area contributed by atoms with Gasteiger partial charge in [0.15, 0.2) is 0 Å². The Morgan fingerprint density at radius 1 is 0.885 bits per heavy atom. The summed E-state index contributed by atoms with van der Waals surface area (Å²) < 4.78 is 37.6. The molecule has 0 saturated heterocycles. The number of benzene rings is 1. The van der Waals surface area contributed by atoms with Crippen LogP contribution >= 0.6 is 0 Å². The number of hydrogen-bond donors (Lipinski definition) is 2. The Kier molecular flexibility index (Phi) is 20.2. The van der Waals surface area contributed by atoms with Gasteiger partial charge < -0.3 is 5.11 Å². The molecule has 6 nitrogen and oxygen atoms in total. The molecule has 0 unspecified atom stereocenters. The van der Waals surface area contributed by atoms with Crippen LogP contribution in [-0.2, 0) is 42.4 Å². The molecule has 0 amide bonds. The zero-order valence-corrected chi connectivity index (χ0v) is 18.7. The number of hydrogen-bond acceptors (Lipinski definition) is 4. The number of aliphatic carboxylic acids is 1. The quantitative estimate of drug-likeness (QED) is 0.359. The van der Waals surface area contributed by atoms with Gasteiger partial charge in [0.25, 0.3) is 10.1 Å². The molecule has 0 radical (unpaired) electrons. The Morgan fingerprint density at radius 2 is 1.31 bits per heavy atom. The molecule has 2 N–H and O–H groups in total. The fraction of sp³-hybridized carbons (Fsp3) is 0.611. The van der Waals surface area contributed by atoms with Crippen LogP contribution in [0.5, 0.6) is 0 Å². The fourth-order valence-corrected chi connectivity index (χ4v) is 2.68. The Hall–Kier alpha value is -0.717. The van der Waals surface area contributed by atoms with Gasteiger partial charge in [-0.2, -0.15) is 8.42 Å². The van der Waals surface area contributed by atoms with Gasteiger partial charge in [0.05, 0.1) is 4.90 Å². The van der Waals surface area contributed by atoms with Gasteiger partial charge in [-0.25, -0.2) is 0 Å². The van der Waals surface area contributed by atoms with Crippen LogP contribution in [0.3, 0.4) is 0 Å². The molecule has 148 valence electrons. The van der Waals surface area contributed by atoms with Crippen molar-refractivity contribution in [2.24, 2.45) is 0 Å². The van der Waals surface area contributed by atoms with Crippen molar-refractivity contribution in [2.75, 3.05) is 0 Å². The predicted octanol–water partition coefficient (Wildman–Crippen LogP) is 4.80. The molecule has 0 atom stereocenters. The first kappa shape index (κ1) is 27.5. The first-order chi connectivity index (χ1) is 12.4. The number of carboxylic acid groups (broad SMARTS) is 1. The molecule has 8 heteroatoms. The second-order valence-electron chi connectivity index (χ2n) is 5.76. The van der Waals surface area contributed by atoms with Gasteiger partial charge in [-0.05, 0) is 18.6 Å². The monoisotopic (exact) mass is 464 g/mol. The Morgan fingerprint density at radius 3 is 1.65 bits per heavy atom. The van der Waals surface area contributed by atoms with Crippen LogP contribution in [0.25, 0.3) is 0 Å². The van der Waals surface area contributed by atoms with E-state index in [1.807, 2.05) is 0 Å². The molecule has 26 heavy (non-hydrogen) atoms. The Balaban J connectivity index is 0. The van der Waals surface area contributed by atoms with E-state index in [0.717, 1.165) is 12.8 Å². The molecular formula is C18H30O6SZr. The van der Waals surface area contributed by atoms with E-state index in [0.29, 0.717) is 31.1 Å². The third-order valence-electron chi connectivity index (χ3n) is 3.54. The topological polar surface area (TPSA) is 109 Å². The molecule has 1 rings (SSSR count). The molecule has 0 aliphatic carbocycles. The van der Waals surface area contributed by atoms with Crippen molar-refractivity contribution in [3.8, 4) is 0 Å². The van der Waals surface area contributed by atoms with E-state index in [9.17, 15) is 13.2 Å². The normalized spacial score (nSPS) is 10.0. The summed E-state index contributed by atoms with van der Waals surface area (Å²) in [5.74, 6) is -0.659. The average molecular weight is 466 g/mol. The maximum atomic E-state index is 10.4. The fourth-order valence-electron chi connectivity index (χ4n) is 2.18. The van der Waals surface area contributed by atoms with Gasteiger partial charge in [0.1, 0.15) is 0 Å². The van der Waals surface area contributed by atoms with Gasteiger partial charge in [-0.3, -0.25) is 9.35 Å². The zero-order chi connectivity index (χ0) is 20.3. The third-order valence-corrected chi connectivity index (χ3v) is 4.40. The summed E-state index contributed by atoms with van der Waals surface area (Å²) in [7, 11) is -4.00. The van der Waals surface area contributed by atoms with E-state index in [-0.39, 0.29) is 4.90 Å².